The average molecular weight is 279 g/mol. The molecule has 1 aliphatic carbocycles. The minimum Gasteiger partial charge on any atom is -0.370 e. The zero-order valence-electron chi connectivity index (χ0n) is 12.5. The highest BCUT2D eigenvalue weighted by Crippen LogP contribution is 2.38. The Labute approximate surface area is 120 Å². The molecule has 20 heavy (non-hydrogen) atoms. The van der Waals surface area contributed by atoms with Gasteiger partial charge in [-0.2, -0.15) is 4.98 Å². The molecule has 5 heteroatoms. The van der Waals surface area contributed by atoms with Crippen LogP contribution in [0.3, 0.4) is 0 Å². The zero-order chi connectivity index (χ0) is 14.0. The van der Waals surface area contributed by atoms with Crippen LogP contribution >= 0.6 is 0 Å². The van der Waals surface area contributed by atoms with Gasteiger partial charge < -0.3 is 14.6 Å². The highest BCUT2D eigenvalue weighted by atomic mass is 16.5. The van der Waals surface area contributed by atoms with Crippen LogP contribution in [0.1, 0.15) is 69.5 Å². The van der Waals surface area contributed by atoms with Gasteiger partial charge in [-0.25, -0.2) is 0 Å². The van der Waals surface area contributed by atoms with Crippen LogP contribution in [0, 0.1) is 0 Å². The van der Waals surface area contributed by atoms with Gasteiger partial charge in [0.2, 0.25) is 11.7 Å². The first kappa shape index (κ1) is 14.0. The second kappa shape index (κ2) is 5.82. The second-order valence-corrected chi connectivity index (χ2v) is 6.21. The van der Waals surface area contributed by atoms with E-state index in [1.54, 1.807) is 7.11 Å². The molecule has 3 rings (SSSR count). The number of aromatic nitrogens is 2. The molecule has 1 N–H and O–H groups in total. The van der Waals surface area contributed by atoms with E-state index in [9.17, 15) is 0 Å². The number of rotatable bonds is 3. The third-order valence-corrected chi connectivity index (χ3v) is 4.99. The Morgan fingerprint density at radius 3 is 2.60 bits per heavy atom. The van der Waals surface area contributed by atoms with E-state index in [1.165, 1.54) is 25.7 Å². The molecular weight excluding hydrogens is 254 g/mol. The lowest BCUT2D eigenvalue weighted by atomic mass is 9.93. The molecule has 2 atom stereocenters. The van der Waals surface area contributed by atoms with Crippen LogP contribution in [-0.2, 0) is 10.3 Å². The summed E-state index contributed by atoms with van der Waals surface area (Å²) in [5.74, 6) is 1.88. The van der Waals surface area contributed by atoms with Crippen LogP contribution in [0.5, 0.6) is 0 Å². The highest BCUT2D eigenvalue weighted by Gasteiger charge is 2.39. The maximum absolute atomic E-state index is 5.85. The molecule has 1 aliphatic heterocycles. The van der Waals surface area contributed by atoms with E-state index in [-0.39, 0.29) is 5.60 Å². The van der Waals surface area contributed by atoms with Gasteiger partial charge in [0.05, 0.1) is 5.92 Å². The normalized spacial score (nSPS) is 30.3. The smallest absolute Gasteiger partial charge is 0.231 e. The third kappa shape index (κ3) is 2.49. The molecule has 112 valence electrons. The molecule has 0 aromatic carbocycles. The van der Waals surface area contributed by atoms with E-state index in [1.807, 2.05) is 0 Å². The number of hydrogen-bond acceptors (Lipinski definition) is 5. The van der Waals surface area contributed by atoms with Crippen LogP contribution in [-0.4, -0.2) is 29.8 Å². The summed E-state index contributed by atoms with van der Waals surface area (Å²) in [7, 11) is 1.78. The molecule has 2 unspecified atom stereocenters. The molecule has 1 saturated heterocycles. The molecular formula is C15H25N3O2. The first-order chi connectivity index (χ1) is 9.75. The zero-order valence-corrected chi connectivity index (χ0v) is 12.5. The fourth-order valence-electron chi connectivity index (χ4n) is 3.59. The Hall–Kier alpha value is -0.940. The van der Waals surface area contributed by atoms with Crippen molar-refractivity contribution in [3.8, 4) is 0 Å². The molecule has 2 fully saturated rings. The second-order valence-electron chi connectivity index (χ2n) is 6.21. The number of nitrogens with zero attached hydrogens (tertiary/aromatic N) is 2. The van der Waals surface area contributed by atoms with Crippen molar-refractivity contribution in [1.29, 1.82) is 0 Å². The van der Waals surface area contributed by atoms with Crippen molar-refractivity contribution in [3.05, 3.63) is 11.7 Å². The van der Waals surface area contributed by atoms with E-state index < -0.39 is 0 Å². The number of methoxy groups -OCH3 is 1. The summed E-state index contributed by atoms with van der Waals surface area (Å²) in [4.78, 5) is 4.71. The van der Waals surface area contributed by atoms with Crippen LogP contribution in [0.2, 0.25) is 0 Å². The van der Waals surface area contributed by atoms with Crippen molar-refractivity contribution < 1.29 is 9.26 Å². The van der Waals surface area contributed by atoms with Crippen LogP contribution < -0.4 is 5.32 Å². The lowest BCUT2D eigenvalue weighted by molar-refractivity contribution is -0.0365. The maximum atomic E-state index is 5.85. The summed E-state index contributed by atoms with van der Waals surface area (Å²) in [6.45, 7) is 3.21. The lowest BCUT2D eigenvalue weighted by Gasteiger charge is -2.27. The predicted octanol–water partition coefficient (Wildman–Crippen LogP) is 2.73. The Morgan fingerprint density at radius 2 is 2.00 bits per heavy atom. The van der Waals surface area contributed by atoms with Gasteiger partial charge in [-0.15, -0.1) is 0 Å². The predicted molar refractivity (Wildman–Crippen MR) is 75.5 cm³/mol. The van der Waals surface area contributed by atoms with Crippen molar-refractivity contribution >= 4 is 0 Å². The largest absolute Gasteiger partial charge is 0.370 e. The maximum Gasteiger partial charge on any atom is 0.231 e. The summed E-state index contributed by atoms with van der Waals surface area (Å²) < 4.78 is 11.4. The SMILES string of the molecule is COC1(c2noc(C3CCNC3C)n2)CCCCCC1. The molecule has 2 heterocycles. The molecule has 5 nitrogen and oxygen atoms in total. The molecule has 1 aromatic heterocycles. The van der Waals surface area contributed by atoms with Gasteiger partial charge in [0.25, 0.3) is 0 Å². The summed E-state index contributed by atoms with van der Waals surface area (Å²) in [6.07, 6.45) is 7.99. The molecule has 0 amide bonds. The first-order valence-corrected chi connectivity index (χ1v) is 7.88. The van der Waals surface area contributed by atoms with Gasteiger partial charge in [-0.3, -0.25) is 0 Å². The van der Waals surface area contributed by atoms with Gasteiger partial charge in [0, 0.05) is 13.2 Å². The molecule has 2 aliphatic rings. The van der Waals surface area contributed by atoms with E-state index in [0.29, 0.717) is 12.0 Å². The highest BCUT2D eigenvalue weighted by molar-refractivity contribution is 5.07. The van der Waals surface area contributed by atoms with E-state index in [2.05, 4.69) is 17.4 Å². The average Bonchev–Trinajstić information content (AvgIpc) is 3.03. The topological polar surface area (TPSA) is 60.2 Å². The molecule has 1 aromatic rings. The molecule has 0 bridgehead atoms. The first-order valence-electron chi connectivity index (χ1n) is 7.88. The van der Waals surface area contributed by atoms with E-state index >= 15 is 0 Å². The third-order valence-electron chi connectivity index (χ3n) is 4.99. The lowest BCUT2D eigenvalue weighted by Crippen LogP contribution is -2.29. The minimum atomic E-state index is -0.326. The van der Waals surface area contributed by atoms with Crippen LogP contribution in [0.4, 0.5) is 0 Å². The summed E-state index contributed by atoms with van der Waals surface area (Å²) in [5, 5.41) is 7.70. The minimum absolute atomic E-state index is 0.326. The molecule has 0 radical (unpaired) electrons. The van der Waals surface area contributed by atoms with Crippen molar-refractivity contribution in [3.63, 3.8) is 0 Å². The van der Waals surface area contributed by atoms with Crippen molar-refractivity contribution in [1.82, 2.24) is 15.5 Å². The Bertz CT molecular complexity index is 438. The van der Waals surface area contributed by atoms with Gasteiger partial charge in [0.15, 0.2) is 0 Å². The van der Waals surface area contributed by atoms with Crippen molar-refractivity contribution in [2.24, 2.45) is 0 Å². The Kier molecular flexibility index (Phi) is 4.08. The fourth-order valence-corrected chi connectivity index (χ4v) is 3.59. The monoisotopic (exact) mass is 279 g/mol. The standard InChI is InChI=1S/C15H25N3O2/c1-11-12(7-10-16-11)13-17-14(18-20-13)15(19-2)8-5-3-4-6-9-15/h11-12,16H,3-10H2,1-2H3. The van der Waals surface area contributed by atoms with Crippen LogP contribution in [0.15, 0.2) is 4.52 Å². The number of hydrogen-bond donors (Lipinski definition) is 1. The summed E-state index contributed by atoms with van der Waals surface area (Å²) in [5.41, 5.74) is -0.326. The number of ether oxygens (including phenoxy) is 1. The molecule has 1 saturated carbocycles. The summed E-state index contributed by atoms with van der Waals surface area (Å²) in [6, 6.07) is 0.413. The van der Waals surface area contributed by atoms with E-state index in [4.69, 9.17) is 14.2 Å². The van der Waals surface area contributed by atoms with Gasteiger partial charge in [-0.05, 0) is 32.7 Å². The van der Waals surface area contributed by atoms with Gasteiger partial charge >= 0.3 is 0 Å². The van der Waals surface area contributed by atoms with Gasteiger partial charge in [0.1, 0.15) is 5.60 Å². The van der Waals surface area contributed by atoms with Crippen molar-refractivity contribution in [2.75, 3.05) is 13.7 Å². The quantitative estimate of drug-likeness (QED) is 0.862. The summed E-state index contributed by atoms with van der Waals surface area (Å²) >= 11 is 0. The van der Waals surface area contributed by atoms with Crippen LogP contribution in [0.25, 0.3) is 0 Å². The van der Waals surface area contributed by atoms with Gasteiger partial charge in [-0.1, -0.05) is 30.8 Å². The molecule has 0 spiro atoms. The van der Waals surface area contributed by atoms with Crippen molar-refractivity contribution in [2.45, 2.75) is 69.4 Å². The fraction of sp³-hybridized carbons (Fsp3) is 0.867. The van der Waals surface area contributed by atoms with E-state index in [0.717, 1.165) is 37.5 Å². The Balaban J connectivity index is 1.83. The number of nitrogens with one attached hydrogen (secondary N) is 1. The Morgan fingerprint density at radius 1 is 1.25 bits per heavy atom.